The number of Topliss-reactive ketones (excluding diaryl/α,β-unsaturated/α-hetero) is 1. The molecule has 0 saturated carbocycles. The van der Waals surface area contributed by atoms with Gasteiger partial charge in [-0.15, -0.1) is 0 Å². The van der Waals surface area contributed by atoms with Gasteiger partial charge in [0.1, 0.15) is 0 Å². The first-order valence-electron chi connectivity index (χ1n) is 3.36. The van der Waals surface area contributed by atoms with Crippen molar-refractivity contribution in [3.63, 3.8) is 0 Å². The van der Waals surface area contributed by atoms with E-state index in [9.17, 15) is 4.79 Å². The number of allylic oxidation sites excluding steroid dienone is 3. The molecule has 0 aromatic rings. The molecule has 2 aliphatic rings. The zero-order valence-corrected chi connectivity index (χ0v) is 5.50. The van der Waals surface area contributed by atoms with Gasteiger partial charge in [-0.2, -0.15) is 0 Å². The second-order valence-corrected chi connectivity index (χ2v) is 2.43. The Kier molecular flexibility index (Phi) is 1.07. The monoisotopic (exact) mass is 133 g/mol. The summed E-state index contributed by atoms with van der Waals surface area (Å²) < 4.78 is 0. The fourth-order valence-corrected chi connectivity index (χ4v) is 1.23. The summed E-state index contributed by atoms with van der Waals surface area (Å²) in [6.07, 6.45) is 7.22. The van der Waals surface area contributed by atoms with Crippen molar-refractivity contribution in [1.82, 2.24) is 0 Å². The van der Waals surface area contributed by atoms with Gasteiger partial charge in [-0.1, -0.05) is 6.08 Å². The average Bonchev–Trinajstić information content (AvgIpc) is 2.34. The molecule has 2 rings (SSSR count). The maximum absolute atomic E-state index is 11.0. The minimum absolute atomic E-state index is 0.0966. The molecule has 0 amide bonds. The fraction of sp³-hybridized carbons (Fsp3) is 0.250. The molecule has 2 heteroatoms. The predicted molar refractivity (Wildman–Crippen MR) is 38.9 cm³/mol. The van der Waals surface area contributed by atoms with E-state index in [1.54, 1.807) is 0 Å². The van der Waals surface area contributed by atoms with Crippen molar-refractivity contribution in [1.29, 1.82) is 0 Å². The van der Waals surface area contributed by atoms with Crippen LogP contribution in [0.25, 0.3) is 0 Å². The van der Waals surface area contributed by atoms with Crippen molar-refractivity contribution in [2.45, 2.75) is 12.8 Å². The summed E-state index contributed by atoms with van der Waals surface area (Å²) in [5.74, 6) is 0.0966. The molecule has 0 saturated heterocycles. The number of carbonyl (C=O) groups excluding carboxylic acids is 1. The van der Waals surface area contributed by atoms with E-state index in [0.29, 0.717) is 0 Å². The molecule has 1 heterocycles. The standard InChI is InChI=1S/C8H7NO/c10-8-5-9-7-4-2-1-3-6(7)8/h2,4-5H,1,3H2. The largest absolute Gasteiger partial charge is 0.288 e. The number of carbonyl (C=O) groups is 1. The summed E-state index contributed by atoms with van der Waals surface area (Å²) >= 11 is 0. The van der Waals surface area contributed by atoms with Crippen molar-refractivity contribution in [3.8, 4) is 0 Å². The highest BCUT2D eigenvalue weighted by molar-refractivity contribution is 6.37. The number of aliphatic imine (C=N–C) groups is 1. The van der Waals surface area contributed by atoms with E-state index in [4.69, 9.17) is 0 Å². The van der Waals surface area contributed by atoms with Gasteiger partial charge in [-0.05, 0) is 18.9 Å². The SMILES string of the molecule is O=C1C=NC2=C1CCC=C2. The second kappa shape index (κ2) is 1.90. The Balaban J connectivity index is 2.46. The van der Waals surface area contributed by atoms with Gasteiger partial charge in [0.25, 0.3) is 0 Å². The van der Waals surface area contributed by atoms with Crippen LogP contribution in [0, 0.1) is 0 Å². The van der Waals surface area contributed by atoms with E-state index in [0.717, 1.165) is 24.1 Å². The smallest absolute Gasteiger partial charge is 0.202 e. The second-order valence-electron chi connectivity index (χ2n) is 2.43. The first-order chi connectivity index (χ1) is 4.88. The van der Waals surface area contributed by atoms with Gasteiger partial charge in [0.2, 0.25) is 5.78 Å². The van der Waals surface area contributed by atoms with Crippen molar-refractivity contribution in [2.75, 3.05) is 0 Å². The van der Waals surface area contributed by atoms with E-state index >= 15 is 0 Å². The zero-order chi connectivity index (χ0) is 6.97. The molecule has 10 heavy (non-hydrogen) atoms. The van der Waals surface area contributed by atoms with Crippen LogP contribution in [-0.2, 0) is 4.79 Å². The summed E-state index contributed by atoms with van der Waals surface area (Å²) in [6.45, 7) is 0. The van der Waals surface area contributed by atoms with Gasteiger partial charge in [-0.3, -0.25) is 9.79 Å². The molecule has 0 aromatic carbocycles. The quantitative estimate of drug-likeness (QED) is 0.489. The fourth-order valence-electron chi connectivity index (χ4n) is 1.23. The van der Waals surface area contributed by atoms with Gasteiger partial charge >= 0.3 is 0 Å². The maximum atomic E-state index is 11.0. The van der Waals surface area contributed by atoms with Crippen LogP contribution in [0.4, 0.5) is 0 Å². The molecule has 0 radical (unpaired) electrons. The molecule has 0 atom stereocenters. The van der Waals surface area contributed by atoms with Crippen LogP contribution in [-0.4, -0.2) is 12.0 Å². The van der Waals surface area contributed by atoms with Crippen LogP contribution in [0.1, 0.15) is 12.8 Å². The first-order valence-corrected chi connectivity index (χ1v) is 3.36. The third-order valence-corrected chi connectivity index (χ3v) is 1.76. The van der Waals surface area contributed by atoms with Crippen LogP contribution in [0.3, 0.4) is 0 Å². The molecule has 1 aliphatic heterocycles. The normalized spacial score (nSPS) is 22.2. The van der Waals surface area contributed by atoms with Crippen LogP contribution < -0.4 is 0 Å². The Morgan fingerprint density at radius 2 is 2.40 bits per heavy atom. The van der Waals surface area contributed by atoms with Crippen molar-refractivity contribution in [2.24, 2.45) is 4.99 Å². The highest BCUT2D eigenvalue weighted by Crippen LogP contribution is 2.23. The minimum atomic E-state index is 0.0966. The van der Waals surface area contributed by atoms with Gasteiger partial charge in [-0.25, -0.2) is 0 Å². The molecule has 0 aromatic heterocycles. The Morgan fingerprint density at radius 1 is 1.50 bits per heavy atom. The molecule has 50 valence electrons. The zero-order valence-electron chi connectivity index (χ0n) is 5.50. The lowest BCUT2D eigenvalue weighted by atomic mass is 10.0. The third kappa shape index (κ3) is 0.652. The first kappa shape index (κ1) is 5.59. The summed E-state index contributed by atoms with van der Waals surface area (Å²) in [4.78, 5) is 14.9. The van der Waals surface area contributed by atoms with E-state index in [1.807, 2.05) is 6.08 Å². The van der Waals surface area contributed by atoms with Crippen LogP contribution in [0.2, 0.25) is 0 Å². The lowest BCUT2D eigenvalue weighted by molar-refractivity contribution is -0.109. The molecule has 0 spiro atoms. The molecule has 0 bridgehead atoms. The topological polar surface area (TPSA) is 29.4 Å². The number of hydrogen-bond donors (Lipinski definition) is 0. The summed E-state index contributed by atoms with van der Waals surface area (Å²) in [7, 11) is 0. The van der Waals surface area contributed by atoms with Gasteiger partial charge in [0, 0.05) is 5.57 Å². The number of nitrogens with zero attached hydrogens (tertiary/aromatic N) is 1. The van der Waals surface area contributed by atoms with E-state index in [-0.39, 0.29) is 5.78 Å². The number of ketones is 1. The summed E-state index contributed by atoms with van der Waals surface area (Å²) in [5, 5.41) is 0. The maximum Gasteiger partial charge on any atom is 0.202 e. The molecule has 0 fully saturated rings. The molecule has 0 unspecified atom stereocenters. The molecular weight excluding hydrogens is 126 g/mol. The number of hydrogen-bond acceptors (Lipinski definition) is 2. The van der Waals surface area contributed by atoms with Gasteiger partial charge < -0.3 is 0 Å². The highest BCUT2D eigenvalue weighted by atomic mass is 16.1. The summed E-state index contributed by atoms with van der Waals surface area (Å²) in [5.41, 5.74) is 1.76. The molecule has 0 N–H and O–H groups in total. The Morgan fingerprint density at radius 3 is 3.20 bits per heavy atom. The van der Waals surface area contributed by atoms with Crippen LogP contribution in [0.5, 0.6) is 0 Å². The van der Waals surface area contributed by atoms with Crippen molar-refractivity contribution < 1.29 is 4.79 Å². The van der Waals surface area contributed by atoms with Crippen LogP contribution >= 0.6 is 0 Å². The Labute approximate surface area is 59.0 Å². The number of rotatable bonds is 0. The van der Waals surface area contributed by atoms with E-state index in [1.165, 1.54) is 6.21 Å². The third-order valence-electron chi connectivity index (χ3n) is 1.76. The molecular formula is C8H7NO. The minimum Gasteiger partial charge on any atom is -0.288 e. The van der Waals surface area contributed by atoms with Gasteiger partial charge in [0.05, 0.1) is 11.9 Å². The lowest BCUT2D eigenvalue weighted by Crippen LogP contribution is -2.00. The van der Waals surface area contributed by atoms with E-state index in [2.05, 4.69) is 11.1 Å². The molecule has 1 aliphatic carbocycles. The molecule has 2 nitrogen and oxygen atoms in total. The predicted octanol–water partition coefficient (Wildman–Crippen LogP) is 1.24. The summed E-state index contributed by atoms with van der Waals surface area (Å²) in [6, 6.07) is 0. The van der Waals surface area contributed by atoms with Crippen molar-refractivity contribution in [3.05, 3.63) is 23.4 Å². The Hall–Kier alpha value is -1.18. The average molecular weight is 133 g/mol. The van der Waals surface area contributed by atoms with Crippen LogP contribution in [0.15, 0.2) is 28.4 Å². The Bertz CT molecular complexity index is 271. The van der Waals surface area contributed by atoms with Gasteiger partial charge in [0.15, 0.2) is 0 Å². The lowest BCUT2D eigenvalue weighted by Gasteiger charge is -2.03. The highest BCUT2D eigenvalue weighted by Gasteiger charge is 2.18. The van der Waals surface area contributed by atoms with E-state index < -0.39 is 0 Å². The van der Waals surface area contributed by atoms with Crippen molar-refractivity contribution >= 4 is 12.0 Å².